The van der Waals surface area contributed by atoms with Gasteiger partial charge in [-0.15, -0.1) is 0 Å². The lowest BCUT2D eigenvalue weighted by molar-refractivity contribution is 0.102. The summed E-state index contributed by atoms with van der Waals surface area (Å²) in [5, 5.41) is 6.19. The van der Waals surface area contributed by atoms with Crippen molar-refractivity contribution in [3.8, 4) is 5.75 Å². The minimum Gasteiger partial charge on any atom is -0.492 e. The molecule has 2 aromatic carbocycles. The molecule has 0 radical (unpaired) electrons. The Morgan fingerprint density at radius 2 is 1.85 bits per heavy atom. The van der Waals surface area contributed by atoms with E-state index >= 15 is 0 Å². The fourth-order valence-corrected chi connectivity index (χ4v) is 2.69. The second-order valence-electron chi connectivity index (χ2n) is 6.26. The summed E-state index contributed by atoms with van der Waals surface area (Å²) < 4.78 is 5.56. The fourth-order valence-electron chi connectivity index (χ4n) is 2.69. The molecule has 0 saturated heterocycles. The summed E-state index contributed by atoms with van der Waals surface area (Å²) in [5.74, 6) is 1.05. The van der Waals surface area contributed by atoms with Crippen molar-refractivity contribution in [2.24, 2.45) is 0 Å². The average Bonchev–Trinajstić information content (AvgIpc) is 2.67. The Morgan fingerprint density at radius 1 is 1.04 bits per heavy atom. The maximum absolute atomic E-state index is 12.7. The van der Waals surface area contributed by atoms with Gasteiger partial charge in [0, 0.05) is 17.4 Å². The second-order valence-corrected chi connectivity index (χ2v) is 6.26. The van der Waals surface area contributed by atoms with Crippen molar-refractivity contribution in [1.29, 1.82) is 0 Å². The molecule has 1 heterocycles. The molecule has 5 heteroatoms. The number of rotatable bonds is 6. The van der Waals surface area contributed by atoms with E-state index < -0.39 is 0 Å². The standard InChI is InChI=1S/C22H23N3O2/c1-4-27-20-8-6-5-7-18(20)25-22(26)17-11-12-23-21(14-17)24-19-13-15(2)9-10-16(19)3/h5-14H,4H2,1-3H3,(H,23,24)(H,25,26). The first kappa shape index (κ1) is 18.5. The van der Waals surface area contributed by atoms with E-state index in [0.29, 0.717) is 29.4 Å². The molecule has 0 saturated carbocycles. The molecule has 3 rings (SSSR count). The first-order chi connectivity index (χ1) is 13.1. The lowest BCUT2D eigenvalue weighted by Gasteiger charge is -2.13. The molecule has 1 amide bonds. The van der Waals surface area contributed by atoms with Crippen LogP contribution in [0, 0.1) is 13.8 Å². The van der Waals surface area contributed by atoms with Crippen LogP contribution in [0.3, 0.4) is 0 Å². The number of carbonyl (C=O) groups is 1. The summed E-state index contributed by atoms with van der Waals surface area (Å²) >= 11 is 0. The van der Waals surface area contributed by atoms with E-state index in [-0.39, 0.29) is 5.91 Å². The lowest BCUT2D eigenvalue weighted by atomic mass is 10.1. The van der Waals surface area contributed by atoms with Gasteiger partial charge in [-0.05, 0) is 62.2 Å². The van der Waals surface area contributed by atoms with Crippen LogP contribution in [0.1, 0.15) is 28.4 Å². The normalized spacial score (nSPS) is 10.3. The van der Waals surface area contributed by atoms with Gasteiger partial charge in [0.2, 0.25) is 0 Å². The molecule has 0 fully saturated rings. The Bertz CT molecular complexity index is 954. The largest absolute Gasteiger partial charge is 0.492 e. The monoisotopic (exact) mass is 361 g/mol. The third kappa shape index (κ3) is 4.64. The number of nitrogens with zero attached hydrogens (tertiary/aromatic N) is 1. The van der Waals surface area contributed by atoms with E-state index in [9.17, 15) is 4.79 Å². The summed E-state index contributed by atoms with van der Waals surface area (Å²) in [6, 6.07) is 17.0. The van der Waals surface area contributed by atoms with Crippen molar-refractivity contribution in [1.82, 2.24) is 4.98 Å². The van der Waals surface area contributed by atoms with Crippen LogP contribution in [0.15, 0.2) is 60.8 Å². The number of anilines is 3. The van der Waals surface area contributed by atoms with Crippen molar-refractivity contribution < 1.29 is 9.53 Å². The summed E-state index contributed by atoms with van der Waals surface area (Å²) in [4.78, 5) is 17.0. The van der Waals surface area contributed by atoms with Crippen LogP contribution in [0.25, 0.3) is 0 Å². The number of carbonyl (C=O) groups excluding carboxylic acids is 1. The van der Waals surface area contributed by atoms with Gasteiger partial charge in [-0.25, -0.2) is 4.98 Å². The SMILES string of the molecule is CCOc1ccccc1NC(=O)c1ccnc(Nc2cc(C)ccc2C)c1. The molecule has 0 aliphatic heterocycles. The molecule has 0 unspecified atom stereocenters. The molecule has 1 aromatic heterocycles. The number of para-hydroxylation sites is 2. The Kier molecular flexibility index (Phi) is 5.71. The molecule has 0 atom stereocenters. The second kappa shape index (κ2) is 8.36. The highest BCUT2D eigenvalue weighted by Gasteiger charge is 2.11. The zero-order chi connectivity index (χ0) is 19.2. The number of nitrogens with one attached hydrogen (secondary N) is 2. The zero-order valence-corrected chi connectivity index (χ0v) is 15.7. The zero-order valence-electron chi connectivity index (χ0n) is 15.7. The highest BCUT2D eigenvalue weighted by molar-refractivity contribution is 6.05. The van der Waals surface area contributed by atoms with Crippen molar-refractivity contribution in [2.45, 2.75) is 20.8 Å². The highest BCUT2D eigenvalue weighted by atomic mass is 16.5. The molecule has 0 aliphatic carbocycles. The third-order valence-corrected chi connectivity index (χ3v) is 4.11. The van der Waals surface area contributed by atoms with Crippen LogP contribution >= 0.6 is 0 Å². The van der Waals surface area contributed by atoms with Gasteiger partial charge in [-0.2, -0.15) is 0 Å². The lowest BCUT2D eigenvalue weighted by Crippen LogP contribution is -2.13. The molecule has 0 bridgehead atoms. The summed E-state index contributed by atoms with van der Waals surface area (Å²) in [6.07, 6.45) is 1.62. The van der Waals surface area contributed by atoms with Crippen LogP contribution in [-0.2, 0) is 0 Å². The van der Waals surface area contributed by atoms with Crippen molar-refractivity contribution in [3.05, 3.63) is 77.5 Å². The van der Waals surface area contributed by atoms with E-state index in [1.807, 2.05) is 45.0 Å². The van der Waals surface area contributed by atoms with Crippen molar-refractivity contribution in [2.75, 3.05) is 17.2 Å². The van der Waals surface area contributed by atoms with Crippen LogP contribution < -0.4 is 15.4 Å². The molecule has 27 heavy (non-hydrogen) atoms. The average molecular weight is 361 g/mol. The van der Waals surface area contributed by atoms with E-state index in [1.54, 1.807) is 18.3 Å². The first-order valence-corrected chi connectivity index (χ1v) is 8.90. The van der Waals surface area contributed by atoms with E-state index in [4.69, 9.17) is 4.74 Å². The minimum absolute atomic E-state index is 0.214. The van der Waals surface area contributed by atoms with E-state index in [2.05, 4.69) is 33.8 Å². The van der Waals surface area contributed by atoms with Crippen molar-refractivity contribution >= 4 is 23.1 Å². The predicted octanol–water partition coefficient (Wildman–Crippen LogP) is 5.09. The molecular weight excluding hydrogens is 338 g/mol. The van der Waals surface area contributed by atoms with E-state index in [1.165, 1.54) is 0 Å². The van der Waals surface area contributed by atoms with E-state index in [0.717, 1.165) is 16.8 Å². The molecular formula is C22H23N3O2. The fraction of sp³-hybridized carbons (Fsp3) is 0.182. The molecule has 2 N–H and O–H groups in total. The number of aromatic nitrogens is 1. The molecule has 0 spiro atoms. The Balaban J connectivity index is 1.79. The predicted molar refractivity (Wildman–Crippen MR) is 109 cm³/mol. The first-order valence-electron chi connectivity index (χ1n) is 8.90. The van der Waals surface area contributed by atoms with Gasteiger partial charge in [-0.1, -0.05) is 24.3 Å². The maximum atomic E-state index is 12.7. The number of hydrogen-bond acceptors (Lipinski definition) is 4. The van der Waals surface area contributed by atoms with Gasteiger partial charge in [0.05, 0.1) is 12.3 Å². The molecule has 5 nitrogen and oxygen atoms in total. The Morgan fingerprint density at radius 3 is 2.67 bits per heavy atom. The smallest absolute Gasteiger partial charge is 0.255 e. The van der Waals surface area contributed by atoms with Gasteiger partial charge in [-0.3, -0.25) is 4.79 Å². The van der Waals surface area contributed by atoms with Crippen LogP contribution in [0.4, 0.5) is 17.2 Å². The van der Waals surface area contributed by atoms with Gasteiger partial charge in [0.25, 0.3) is 5.91 Å². The van der Waals surface area contributed by atoms with Crippen LogP contribution in [-0.4, -0.2) is 17.5 Å². The van der Waals surface area contributed by atoms with Crippen molar-refractivity contribution in [3.63, 3.8) is 0 Å². The number of benzene rings is 2. The highest BCUT2D eigenvalue weighted by Crippen LogP contribution is 2.25. The van der Waals surface area contributed by atoms with Gasteiger partial charge >= 0.3 is 0 Å². The topological polar surface area (TPSA) is 63.2 Å². The number of hydrogen-bond donors (Lipinski definition) is 2. The Hall–Kier alpha value is -3.34. The quantitative estimate of drug-likeness (QED) is 0.642. The number of ether oxygens (including phenoxy) is 1. The van der Waals surface area contributed by atoms with Gasteiger partial charge in [0.15, 0.2) is 0 Å². The summed E-state index contributed by atoms with van der Waals surface area (Å²) in [5.41, 5.74) is 4.41. The van der Waals surface area contributed by atoms with Crippen LogP contribution in [0.5, 0.6) is 5.75 Å². The third-order valence-electron chi connectivity index (χ3n) is 4.11. The maximum Gasteiger partial charge on any atom is 0.255 e. The Labute approximate surface area is 159 Å². The number of pyridine rings is 1. The minimum atomic E-state index is -0.214. The van der Waals surface area contributed by atoms with Crippen LogP contribution in [0.2, 0.25) is 0 Å². The van der Waals surface area contributed by atoms with Gasteiger partial charge in [0.1, 0.15) is 11.6 Å². The molecule has 3 aromatic rings. The number of amides is 1. The number of aryl methyl sites for hydroxylation is 2. The molecule has 138 valence electrons. The summed E-state index contributed by atoms with van der Waals surface area (Å²) in [7, 11) is 0. The summed E-state index contributed by atoms with van der Waals surface area (Å²) in [6.45, 7) is 6.51. The molecule has 0 aliphatic rings. The van der Waals surface area contributed by atoms with Gasteiger partial charge < -0.3 is 15.4 Å².